The van der Waals surface area contributed by atoms with Crippen LogP contribution in [0.2, 0.25) is 0 Å². The second-order valence-corrected chi connectivity index (χ2v) is 7.38. The number of hydrogen-bond acceptors (Lipinski definition) is 4. The third-order valence-electron chi connectivity index (χ3n) is 4.21. The average Bonchev–Trinajstić information content (AvgIpc) is 3.15. The maximum atomic E-state index is 12.8. The summed E-state index contributed by atoms with van der Waals surface area (Å²) in [6.45, 7) is 6.19. The predicted molar refractivity (Wildman–Crippen MR) is 110 cm³/mol. The van der Waals surface area contributed by atoms with Crippen LogP contribution in [0.3, 0.4) is 0 Å². The molecule has 3 aromatic rings. The molecule has 1 aromatic heterocycles. The molecule has 6 nitrogen and oxygen atoms in total. The van der Waals surface area contributed by atoms with Gasteiger partial charge in [0.05, 0.1) is 24.7 Å². The second kappa shape index (κ2) is 8.08. The Labute approximate surface area is 164 Å². The Balaban J connectivity index is 1.83. The Hall–Kier alpha value is -3.41. The van der Waals surface area contributed by atoms with Crippen molar-refractivity contribution in [3.05, 3.63) is 77.6 Å². The lowest BCUT2D eigenvalue weighted by molar-refractivity contribution is 0.0947. The van der Waals surface area contributed by atoms with E-state index in [-0.39, 0.29) is 11.3 Å². The monoisotopic (exact) mass is 376 g/mol. The Morgan fingerprint density at radius 2 is 1.79 bits per heavy atom. The number of carbonyl (C=O) groups excluding carboxylic acids is 1. The normalized spacial score (nSPS) is 11.6. The largest absolute Gasteiger partial charge is 0.497 e. The van der Waals surface area contributed by atoms with Crippen LogP contribution in [0.4, 0.5) is 0 Å². The van der Waals surface area contributed by atoms with E-state index >= 15 is 0 Å². The zero-order valence-corrected chi connectivity index (χ0v) is 16.5. The minimum Gasteiger partial charge on any atom is -0.497 e. The molecule has 3 rings (SSSR count). The van der Waals surface area contributed by atoms with Gasteiger partial charge in [-0.3, -0.25) is 4.79 Å². The molecular formula is C22H24N4O2. The first-order chi connectivity index (χ1) is 13.4. The quantitative estimate of drug-likeness (QED) is 0.542. The van der Waals surface area contributed by atoms with E-state index in [9.17, 15) is 4.79 Å². The Morgan fingerprint density at radius 1 is 1.11 bits per heavy atom. The first-order valence-electron chi connectivity index (χ1n) is 9.02. The van der Waals surface area contributed by atoms with Crippen molar-refractivity contribution in [1.82, 2.24) is 15.2 Å². The fourth-order valence-corrected chi connectivity index (χ4v) is 2.59. The second-order valence-electron chi connectivity index (χ2n) is 7.38. The highest BCUT2D eigenvalue weighted by Crippen LogP contribution is 2.23. The zero-order valence-electron chi connectivity index (χ0n) is 16.5. The number of carbonyl (C=O) groups is 1. The average molecular weight is 376 g/mol. The molecular weight excluding hydrogens is 352 g/mol. The summed E-state index contributed by atoms with van der Waals surface area (Å²) in [6, 6.07) is 18.8. The molecule has 0 spiro atoms. The number of hydrogen-bond donors (Lipinski definition) is 1. The van der Waals surface area contributed by atoms with Gasteiger partial charge in [-0.1, -0.05) is 39.0 Å². The van der Waals surface area contributed by atoms with Gasteiger partial charge in [-0.15, -0.1) is 0 Å². The number of nitrogens with one attached hydrogen (secondary N) is 1. The van der Waals surface area contributed by atoms with E-state index in [4.69, 9.17) is 4.74 Å². The number of hydrazone groups is 1. The fraction of sp³-hybridized carbons (Fsp3) is 0.227. The van der Waals surface area contributed by atoms with Crippen LogP contribution in [0.25, 0.3) is 5.69 Å². The van der Waals surface area contributed by atoms with E-state index in [1.165, 1.54) is 0 Å². The molecule has 1 N–H and O–H groups in total. The summed E-state index contributed by atoms with van der Waals surface area (Å²) in [6.07, 6.45) is 1.59. The van der Waals surface area contributed by atoms with Crippen LogP contribution >= 0.6 is 0 Å². The van der Waals surface area contributed by atoms with Crippen LogP contribution in [-0.4, -0.2) is 29.0 Å². The molecule has 0 radical (unpaired) electrons. The highest BCUT2D eigenvalue weighted by Gasteiger charge is 2.23. The van der Waals surface area contributed by atoms with Gasteiger partial charge in [0.1, 0.15) is 11.4 Å². The summed E-state index contributed by atoms with van der Waals surface area (Å²) in [4.78, 5) is 12.8. The van der Waals surface area contributed by atoms with Crippen molar-refractivity contribution in [2.75, 3.05) is 7.11 Å². The van der Waals surface area contributed by atoms with E-state index in [1.54, 1.807) is 18.0 Å². The van der Waals surface area contributed by atoms with Gasteiger partial charge in [0.2, 0.25) is 0 Å². The van der Waals surface area contributed by atoms with Crippen LogP contribution in [0, 0.1) is 0 Å². The first kappa shape index (κ1) is 19.4. The molecule has 6 heteroatoms. The topological polar surface area (TPSA) is 68.5 Å². The Bertz CT molecular complexity index is 968. The molecule has 0 saturated heterocycles. The van der Waals surface area contributed by atoms with Gasteiger partial charge in [0.25, 0.3) is 5.91 Å². The predicted octanol–water partition coefficient (Wildman–Crippen LogP) is 3.94. The fourth-order valence-electron chi connectivity index (χ4n) is 2.59. The van der Waals surface area contributed by atoms with Gasteiger partial charge in [0, 0.05) is 5.41 Å². The van der Waals surface area contributed by atoms with Gasteiger partial charge in [-0.2, -0.15) is 10.2 Å². The Kier molecular flexibility index (Phi) is 5.59. The highest BCUT2D eigenvalue weighted by molar-refractivity contribution is 5.94. The van der Waals surface area contributed by atoms with Crippen molar-refractivity contribution >= 4 is 12.1 Å². The summed E-state index contributed by atoms with van der Waals surface area (Å²) in [5.74, 6) is 0.444. The van der Waals surface area contributed by atoms with Crippen LogP contribution in [0.1, 0.15) is 42.5 Å². The lowest BCUT2D eigenvalue weighted by Crippen LogP contribution is -2.21. The summed E-state index contributed by atoms with van der Waals surface area (Å²) in [7, 11) is 1.62. The summed E-state index contributed by atoms with van der Waals surface area (Å²) in [5, 5.41) is 8.72. The number of methoxy groups -OCH3 is 1. The minimum absolute atomic E-state index is 0.179. The minimum atomic E-state index is -0.323. The van der Waals surface area contributed by atoms with Gasteiger partial charge < -0.3 is 4.74 Å². The number of ether oxygens (including phenoxy) is 1. The number of rotatable bonds is 5. The maximum absolute atomic E-state index is 12.8. The molecule has 0 aliphatic rings. The standard InChI is InChI=1S/C22H24N4O2/c1-22(2,3)20-14-19(26(25-20)17-8-6-5-7-9-17)21(27)24-23-15-16-10-12-18(28-4)13-11-16/h5-15H,1-4H3,(H,24,27). The molecule has 0 aliphatic carbocycles. The molecule has 144 valence electrons. The summed E-state index contributed by atoms with van der Waals surface area (Å²) >= 11 is 0. The van der Waals surface area contributed by atoms with Crippen molar-refractivity contribution in [3.63, 3.8) is 0 Å². The third-order valence-corrected chi connectivity index (χ3v) is 4.21. The smallest absolute Gasteiger partial charge is 0.290 e. The molecule has 0 fully saturated rings. The molecule has 0 aliphatic heterocycles. The number of nitrogens with zero attached hydrogens (tertiary/aromatic N) is 3. The van der Waals surface area contributed by atoms with Gasteiger partial charge in [0.15, 0.2) is 0 Å². The zero-order chi connectivity index (χ0) is 20.1. The van der Waals surface area contributed by atoms with E-state index in [2.05, 4.69) is 36.4 Å². The van der Waals surface area contributed by atoms with Crippen LogP contribution < -0.4 is 10.2 Å². The number of aromatic nitrogens is 2. The van der Waals surface area contributed by atoms with E-state index < -0.39 is 0 Å². The van der Waals surface area contributed by atoms with Crippen molar-refractivity contribution in [1.29, 1.82) is 0 Å². The molecule has 1 heterocycles. The number of para-hydroxylation sites is 1. The highest BCUT2D eigenvalue weighted by atomic mass is 16.5. The lowest BCUT2D eigenvalue weighted by Gasteiger charge is -2.14. The van der Waals surface area contributed by atoms with Crippen molar-refractivity contribution in [2.24, 2.45) is 5.10 Å². The van der Waals surface area contributed by atoms with Crippen LogP contribution in [-0.2, 0) is 5.41 Å². The molecule has 1 amide bonds. The molecule has 2 aromatic carbocycles. The van der Waals surface area contributed by atoms with Crippen LogP contribution in [0.15, 0.2) is 65.8 Å². The van der Waals surface area contributed by atoms with Gasteiger partial charge in [-0.05, 0) is 48.0 Å². The molecule has 0 atom stereocenters. The third kappa shape index (κ3) is 4.46. The van der Waals surface area contributed by atoms with Gasteiger partial charge in [-0.25, -0.2) is 10.1 Å². The first-order valence-corrected chi connectivity index (χ1v) is 9.02. The van der Waals surface area contributed by atoms with E-state index in [0.717, 1.165) is 22.7 Å². The van der Waals surface area contributed by atoms with Crippen molar-refractivity contribution in [2.45, 2.75) is 26.2 Å². The molecule has 28 heavy (non-hydrogen) atoms. The molecule has 0 unspecified atom stereocenters. The molecule has 0 bridgehead atoms. The van der Waals surface area contributed by atoms with E-state index in [0.29, 0.717) is 5.69 Å². The van der Waals surface area contributed by atoms with Crippen molar-refractivity contribution in [3.8, 4) is 11.4 Å². The Morgan fingerprint density at radius 3 is 2.39 bits per heavy atom. The maximum Gasteiger partial charge on any atom is 0.290 e. The summed E-state index contributed by atoms with van der Waals surface area (Å²) < 4.78 is 6.78. The number of amides is 1. The SMILES string of the molecule is COc1ccc(C=NNC(=O)c2cc(C(C)(C)C)nn2-c2ccccc2)cc1. The van der Waals surface area contributed by atoms with Crippen LogP contribution in [0.5, 0.6) is 5.75 Å². The molecule has 0 saturated carbocycles. The number of benzene rings is 2. The van der Waals surface area contributed by atoms with Gasteiger partial charge >= 0.3 is 0 Å². The van der Waals surface area contributed by atoms with Crippen molar-refractivity contribution < 1.29 is 9.53 Å². The van der Waals surface area contributed by atoms with E-state index in [1.807, 2.05) is 60.7 Å². The lowest BCUT2D eigenvalue weighted by atomic mass is 9.92. The summed E-state index contributed by atoms with van der Waals surface area (Å²) in [5.41, 5.74) is 5.35.